The third-order valence-corrected chi connectivity index (χ3v) is 7.65. The second-order valence-corrected chi connectivity index (χ2v) is 9.82. The van der Waals surface area contributed by atoms with Gasteiger partial charge in [0.2, 0.25) is 5.91 Å². The summed E-state index contributed by atoms with van der Waals surface area (Å²) in [7, 11) is 0. The van der Waals surface area contributed by atoms with Crippen LogP contribution in [-0.2, 0) is 24.2 Å². The summed E-state index contributed by atoms with van der Waals surface area (Å²) in [5.74, 6) is 0.203. The van der Waals surface area contributed by atoms with Crippen LogP contribution in [0.2, 0.25) is 0 Å². The van der Waals surface area contributed by atoms with Crippen LogP contribution in [0.5, 0.6) is 0 Å². The van der Waals surface area contributed by atoms with Crippen LogP contribution in [-0.4, -0.2) is 15.4 Å². The van der Waals surface area contributed by atoms with E-state index in [1.807, 2.05) is 25.2 Å². The maximum absolute atomic E-state index is 13.5. The molecule has 4 heteroatoms. The predicted octanol–water partition coefficient (Wildman–Crippen LogP) is 5.81. The first-order chi connectivity index (χ1) is 14.0. The molecule has 0 fully saturated rings. The van der Waals surface area contributed by atoms with Gasteiger partial charge in [-0.2, -0.15) is 0 Å². The van der Waals surface area contributed by atoms with Crippen LogP contribution < -0.4 is 0 Å². The molecule has 1 aliphatic heterocycles. The number of amides is 1. The minimum Gasteiger partial charge on any atom is -0.325 e. The average molecular weight is 405 g/mol. The highest BCUT2D eigenvalue weighted by Crippen LogP contribution is 2.44. The second-order valence-electron chi connectivity index (χ2n) is 8.74. The molecule has 1 atom stereocenters. The van der Waals surface area contributed by atoms with E-state index in [4.69, 9.17) is 0 Å². The zero-order valence-electron chi connectivity index (χ0n) is 17.4. The highest BCUT2D eigenvalue weighted by Gasteiger charge is 2.36. The normalized spacial score (nSPS) is 18.2. The van der Waals surface area contributed by atoms with Crippen molar-refractivity contribution in [2.45, 2.75) is 59.0 Å². The molecule has 0 N–H and O–H groups in total. The average Bonchev–Trinajstić information content (AvgIpc) is 3.29. The molecule has 29 heavy (non-hydrogen) atoms. The van der Waals surface area contributed by atoms with Gasteiger partial charge in [-0.1, -0.05) is 43.7 Å². The maximum atomic E-state index is 13.5. The molecule has 5 rings (SSSR count). The third-order valence-electron chi connectivity index (χ3n) is 6.31. The predicted molar refractivity (Wildman–Crippen MR) is 119 cm³/mol. The van der Waals surface area contributed by atoms with Crippen LogP contribution in [0.3, 0.4) is 0 Å². The van der Waals surface area contributed by atoms with E-state index in [1.165, 1.54) is 57.1 Å². The van der Waals surface area contributed by atoms with Crippen molar-refractivity contribution in [1.29, 1.82) is 0 Å². The van der Waals surface area contributed by atoms with Crippen molar-refractivity contribution < 1.29 is 4.79 Å². The second kappa shape index (κ2) is 7.17. The van der Waals surface area contributed by atoms with Crippen molar-refractivity contribution in [3.05, 3.63) is 75.4 Å². The molecule has 3 aromatic rings. The molecule has 3 heterocycles. The van der Waals surface area contributed by atoms with Crippen LogP contribution in [0.15, 0.2) is 42.6 Å². The lowest BCUT2D eigenvalue weighted by Crippen LogP contribution is -2.37. The Hall–Kier alpha value is -2.33. The molecular formula is C25H28N2OS. The summed E-state index contributed by atoms with van der Waals surface area (Å²) in [5, 5.41) is 1.33. The molecule has 2 aromatic heterocycles. The van der Waals surface area contributed by atoms with Gasteiger partial charge in [0.05, 0.1) is 11.7 Å². The Morgan fingerprint density at radius 1 is 1.10 bits per heavy atom. The van der Waals surface area contributed by atoms with Gasteiger partial charge in [0.1, 0.15) is 5.00 Å². The number of aryl methyl sites for hydroxylation is 2. The summed E-state index contributed by atoms with van der Waals surface area (Å²) in [6.45, 7) is 6.87. The molecular weight excluding hydrogens is 376 g/mol. The number of hydrogen-bond acceptors (Lipinski definition) is 2. The summed E-state index contributed by atoms with van der Waals surface area (Å²) < 4.78 is 2.36. The molecule has 1 aromatic carbocycles. The topological polar surface area (TPSA) is 25.2 Å². The number of nitrogens with zero attached hydrogens (tertiary/aromatic N) is 2. The van der Waals surface area contributed by atoms with E-state index in [-0.39, 0.29) is 17.9 Å². The molecule has 0 radical (unpaired) electrons. The zero-order chi connectivity index (χ0) is 20.1. The molecule has 0 unspecified atom stereocenters. The van der Waals surface area contributed by atoms with Gasteiger partial charge >= 0.3 is 0 Å². The van der Waals surface area contributed by atoms with Crippen molar-refractivity contribution in [3.8, 4) is 5.00 Å². The molecule has 3 nitrogen and oxygen atoms in total. The monoisotopic (exact) mass is 404 g/mol. The van der Waals surface area contributed by atoms with Gasteiger partial charge in [0.15, 0.2) is 0 Å². The molecule has 150 valence electrons. The smallest absolute Gasteiger partial charge is 0.226 e. The molecule has 2 aliphatic rings. The lowest BCUT2D eigenvalue weighted by molar-refractivity contribution is -0.137. The Morgan fingerprint density at radius 3 is 2.72 bits per heavy atom. The van der Waals surface area contributed by atoms with E-state index in [0.717, 1.165) is 6.42 Å². The van der Waals surface area contributed by atoms with E-state index in [1.54, 1.807) is 0 Å². The summed E-state index contributed by atoms with van der Waals surface area (Å²) in [6, 6.07) is 12.9. The van der Waals surface area contributed by atoms with E-state index in [2.05, 4.69) is 59.0 Å². The SMILES string of the molecule is Cc1cccc([C@H]2c3cccn3-c3sc4c(c3CN2C(=O)C(C)C)CCCC4)c1. The first kappa shape index (κ1) is 18.7. The number of benzene rings is 1. The summed E-state index contributed by atoms with van der Waals surface area (Å²) in [6.07, 6.45) is 7.06. The van der Waals surface area contributed by atoms with Crippen molar-refractivity contribution in [2.24, 2.45) is 5.92 Å². The summed E-state index contributed by atoms with van der Waals surface area (Å²) >= 11 is 1.95. The first-order valence-electron chi connectivity index (χ1n) is 10.7. The highest BCUT2D eigenvalue weighted by atomic mass is 32.1. The minimum atomic E-state index is -0.0568. The molecule has 0 bridgehead atoms. The number of aromatic nitrogens is 1. The lowest BCUT2D eigenvalue weighted by Gasteiger charge is -2.33. The van der Waals surface area contributed by atoms with Gasteiger partial charge in [-0.3, -0.25) is 4.79 Å². The van der Waals surface area contributed by atoms with E-state index in [0.29, 0.717) is 6.54 Å². The van der Waals surface area contributed by atoms with Crippen LogP contribution >= 0.6 is 11.3 Å². The fourth-order valence-corrected chi connectivity index (χ4v) is 6.33. The van der Waals surface area contributed by atoms with E-state index in [9.17, 15) is 4.79 Å². The van der Waals surface area contributed by atoms with Crippen LogP contribution in [0, 0.1) is 12.8 Å². The zero-order valence-corrected chi connectivity index (χ0v) is 18.3. The highest BCUT2D eigenvalue weighted by molar-refractivity contribution is 7.15. The molecule has 1 aliphatic carbocycles. The number of carbonyl (C=O) groups is 1. The maximum Gasteiger partial charge on any atom is 0.226 e. The van der Waals surface area contributed by atoms with Gasteiger partial charge in [-0.05, 0) is 55.9 Å². The molecule has 0 saturated carbocycles. The minimum absolute atomic E-state index is 0.0262. The summed E-state index contributed by atoms with van der Waals surface area (Å²) in [4.78, 5) is 17.1. The number of hydrogen-bond donors (Lipinski definition) is 0. The van der Waals surface area contributed by atoms with Crippen LogP contribution in [0.25, 0.3) is 5.00 Å². The molecule has 0 saturated heterocycles. The van der Waals surface area contributed by atoms with Gasteiger partial charge in [0.25, 0.3) is 0 Å². The standard InChI is InChI=1S/C25H28N2OS/c1-16(2)24(28)27-15-20-19-10-4-5-12-22(19)29-25(20)26-13-7-11-21(26)23(27)18-9-6-8-17(3)14-18/h6-9,11,13-14,16,23H,4-5,10,12,15H2,1-3H3/t23-/m0/s1. The first-order valence-corrected chi connectivity index (χ1v) is 11.5. The fourth-order valence-electron chi connectivity index (χ4n) is 4.93. The van der Waals surface area contributed by atoms with Crippen LogP contribution in [0.4, 0.5) is 0 Å². The van der Waals surface area contributed by atoms with E-state index >= 15 is 0 Å². The number of thiophene rings is 1. The molecule has 0 spiro atoms. The Bertz CT molecular complexity index is 1070. The number of fused-ring (bicyclic) bond motifs is 5. The quantitative estimate of drug-likeness (QED) is 0.529. The van der Waals surface area contributed by atoms with Crippen molar-refractivity contribution in [2.75, 3.05) is 0 Å². The fraction of sp³-hybridized carbons (Fsp3) is 0.400. The number of carbonyl (C=O) groups excluding carboxylic acids is 1. The Kier molecular flexibility index (Phi) is 4.62. The van der Waals surface area contributed by atoms with Crippen molar-refractivity contribution in [1.82, 2.24) is 9.47 Å². The molecule has 1 amide bonds. The van der Waals surface area contributed by atoms with Crippen LogP contribution in [0.1, 0.15) is 65.6 Å². The van der Waals surface area contributed by atoms with Gasteiger partial charge in [-0.25, -0.2) is 0 Å². The summed E-state index contributed by atoms with van der Waals surface area (Å²) in [5.41, 5.74) is 6.52. The van der Waals surface area contributed by atoms with Gasteiger partial charge in [0, 0.05) is 29.1 Å². The van der Waals surface area contributed by atoms with Crippen molar-refractivity contribution >= 4 is 17.2 Å². The van der Waals surface area contributed by atoms with Gasteiger partial charge < -0.3 is 9.47 Å². The third kappa shape index (κ3) is 3.05. The van der Waals surface area contributed by atoms with Gasteiger partial charge in [-0.15, -0.1) is 11.3 Å². The Balaban J connectivity index is 1.74. The Labute approximate surface area is 177 Å². The van der Waals surface area contributed by atoms with Crippen molar-refractivity contribution in [3.63, 3.8) is 0 Å². The largest absolute Gasteiger partial charge is 0.325 e. The number of rotatable bonds is 2. The van der Waals surface area contributed by atoms with E-state index < -0.39 is 0 Å². The lowest BCUT2D eigenvalue weighted by atomic mass is 9.94. The Morgan fingerprint density at radius 2 is 1.93 bits per heavy atom.